The first-order valence-corrected chi connectivity index (χ1v) is 8.71. The number of methoxy groups -OCH3 is 1. The molecule has 2 amide bonds. The molecule has 2 N–H and O–H groups in total. The molecule has 0 aliphatic carbocycles. The van der Waals surface area contributed by atoms with Gasteiger partial charge in [0.15, 0.2) is 0 Å². The fourth-order valence-corrected chi connectivity index (χ4v) is 3.58. The summed E-state index contributed by atoms with van der Waals surface area (Å²) < 4.78 is 5.37. The summed E-state index contributed by atoms with van der Waals surface area (Å²) in [7, 11) is 1.54. The van der Waals surface area contributed by atoms with Crippen molar-refractivity contribution in [3.05, 3.63) is 34.3 Å². The Hall–Kier alpha value is -2.41. The number of nitrogens with one attached hydrogen (secondary N) is 2. The number of nitrogens with zero attached hydrogens (tertiary/aromatic N) is 1. The Bertz CT molecular complexity index is 759. The van der Waals surface area contributed by atoms with Gasteiger partial charge in [0.2, 0.25) is 11.8 Å². The zero-order chi connectivity index (χ0) is 17.1. The predicted octanol–water partition coefficient (Wildman–Crippen LogP) is 3.36. The van der Waals surface area contributed by atoms with Gasteiger partial charge in [-0.3, -0.25) is 9.59 Å². The van der Waals surface area contributed by atoms with Crippen molar-refractivity contribution in [1.29, 1.82) is 0 Å². The highest BCUT2D eigenvalue weighted by molar-refractivity contribution is 7.09. The van der Waals surface area contributed by atoms with Crippen molar-refractivity contribution in [2.75, 3.05) is 17.7 Å². The molecule has 126 valence electrons. The minimum atomic E-state index is -0.110. The van der Waals surface area contributed by atoms with E-state index in [4.69, 9.17) is 4.74 Å². The summed E-state index contributed by atoms with van der Waals surface area (Å²) in [4.78, 5) is 28.4. The number of fused-ring (bicyclic) bond motifs is 1. The molecule has 1 atom stereocenters. The average Bonchev–Trinajstić information content (AvgIpc) is 3.08. The van der Waals surface area contributed by atoms with Crippen molar-refractivity contribution in [2.24, 2.45) is 0 Å². The molecular weight excluding hydrogens is 326 g/mol. The summed E-state index contributed by atoms with van der Waals surface area (Å²) in [5.74, 6) is 0.314. The molecule has 1 aliphatic rings. The second-order valence-corrected chi connectivity index (χ2v) is 6.54. The molecule has 0 saturated heterocycles. The lowest BCUT2D eigenvalue weighted by Gasteiger charge is -2.26. The second-order valence-electron chi connectivity index (χ2n) is 5.61. The van der Waals surface area contributed by atoms with E-state index in [1.807, 2.05) is 18.4 Å². The average molecular weight is 345 g/mol. The van der Waals surface area contributed by atoms with Gasteiger partial charge in [0, 0.05) is 42.1 Å². The zero-order valence-electron chi connectivity index (χ0n) is 13.6. The lowest BCUT2D eigenvalue weighted by molar-refractivity contribution is -0.117. The molecular formula is C17H19N3O3S. The number of amides is 2. The van der Waals surface area contributed by atoms with Crippen molar-refractivity contribution in [3.63, 3.8) is 0 Å². The van der Waals surface area contributed by atoms with Gasteiger partial charge in [-0.25, -0.2) is 4.98 Å². The topological polar surface area (TPSA) is 80.3 Å². The van der Waals surface area contributed by atoms with Crippen LogP contribution in [0.2, 0.25) is 0 Å². The van der Waals surface area contributed by atoms with Crippen molar-refractivity contribution in [1.82, 2.24) is 4.98 Å². The van der Waals surface area contributed by atoms with E-state index in [1.165, 1.54) is 11.3 Å². The van der Waals surface area contributed by atoms with Crippen LogP contribution in [0.5, 0.6) is 5.75 Å². The highest BCUT2D eigenvalue weighted by Gasteiger charge is 2.29. The second kappa shape index (κ2) is 7.00. The fourth-order valence-electron chi connectivity index (χ4n) is 2.82. The van der Waals surface area contributed by atoms with E-state index in [0.29, 0.717) is 30.0 Å². The Balaban J connectivity index is 2.03. The maximum absolute atomic E-state index is 12.0. The van der Waals surface area contributed by atoms with Crippen LogP contribution in [0.25, 0.3) is 0 Å². The molecule has 3 rings (SSSR count). The molecule has 2 heterocycles. The predicted molar refractivity (Wildman–Crippen MR) is 93.7 cm³/mol. The Morgan fingerprint density at radius 3 is 3.00 bits per heavy atom. The minimum absolute atomic E-state index is 0.0486. The number of hydrogen-bond donors (Lipinski definition) is 2. The van der Waals surface area contributed by atoms with Gasteiger partial charge in [-0.2, -0.15) is 0 Å². The van der Waals surface area contributed by atoms with Crippen LogP contribution in [0.1, 0.15) is 42.7 Å². The van der Waals surface area contributed by atoms with Gasteiger partial charge in [-0.05, 0) is 18.1 Å². The van der Waals surface area contributed by atoms with E-state index in [1.54, 1.807) is 19.4 Å². The highest BCUT2D eigenvalue weighted by Crippen LogP contribution is 2.42. The third kappa shape index (κ3) is 3.26. The number of thiazole rings is 1. The number of aromatic nitrogens is 1. The van der Waals surface area contributed by atoms with Gasteiger partial charge in [0.05, 0.1) is 12.8 Å². The van der Waals surface area contributed by atoms with Crippen molar-refractivity contribution in [3.8, 4) is 5.75 Å². The number of hydrogen-bond acceptors (Lipinski definition) is 5. The van der Waals surface area contributed by atoms with Gasteiger partial charge >= 0.3 is 0 Å². The Labute approximate surface area is 144 Å². The Kier molecular flexibility index (Phi) is 4.80. The molecule has 0 radical (unpaired) electrons. The third-order valence-corrected chi connectivity index (χ3v) is 4.80. The van der Waals surface area contributed by atoms with Crippen LogP contribution in [-0.4, -0.2) is 23.9 Å². The summed E-state index contributed by atoms with van der Waals surface area (Å²) in [6, 6.07) is 3.64. The van der Waals surface area contributed by atoms with Crippen LogP contribution >= 0.6 is 11.3 Å². The van der Waals surface area contributed by atoms with Gasteiger partial charge in [-0.1, -0.05) is 6.92 Å². The quantitative estimate of drug-likeness (QED) is 0.871. The van der Waals surface area contributed by atoms with Crippen LogP contribution in [0.15, 0.2) is 23.7 Å². The van der Waals surface area contributed by atoms with E-state index < -0.39 is 0 Å². The Morgan fingerprint density at radius 2 is 2.33 bits per heavy atom. The normalized spacial score (nSPS) is 16.2. The first kappa shape index (κ1) is 16.4. The summed E-state index contributed by atoms with van der Waals surface area (Å²) in [6.45, 7) is 1.96. The van der Waals surface area contributed by atoms with Crippen LogP contribution < -0.4 is 15.4 Å². The minimum Gasteiger partial charge on any atom is -0.494 e. The van der Waals surface area contributed by atoms with Crippen LogP contribution in [0.4, 0.5) is 11.4 Å². The number of ether oxygens (including phenoxy) is 1. The molecule has 1 aliphatic heterocycles. The molecule has 1 aromatic heterocycles. The molecule has 0 bridgehead atoms. The molecule has 6 nitrogen and oxygen atoms in total. The smallest absolute Gasteiger partial charge is 0.225 e. The molecule has 0 saturated carbocycles. The van der Waals surface area contributed by atoms with E-state index in [-0.39, 0.29) is 17.7 Å². The van der Waals surface area contributed by atoms with Crippen molar-refractivity contribution in [2.45, 2.75) is 32.1 Å². The number of carbonyl (C=O) groups is 2. The lowest BCUT2D eigenvalue weighted by Crippen LogP contribution is -2.24. The number of anilines is 2. The van der Waals surface area contributed by atoms with Gasteiger partial charge in [0.1, 0.15) is 10.8 Å². The molecule has 24 heavy (non-hydrogen) atoms. The van der Waals surface area contributed by atoms with E-state index in [9.17, 15) is 9.59 Å². The van der Waals surface area contributed by atoms with Crippen molar-refractivity contribution >= 4 is 34.5 Å². The van der Waals surface area contributed by atoms with Crippen LogP contribution in [-0.2, 0) is 9.59 Å². The number of benzene rings is 1. The standard InChI is InChI=1S/C17H19N3O3S/c1-3-4-15(21)20-13-7-10-11(17-18-5-6-24-17)8-16(22)19-12(10)9-14(13)23-2/h5-7,9,11H,3-4,8H2,1-2H3,(H,19,22)(H,20,21). The van der Waals surface area contributed by atoms with Gasteiger partial charge < -0.3 is 15.4 Å². The maximum atomic E-state index is 12.0. The van der Waals surface area contributed by atoms with E-state index in [2.05, 4.69) is 15.6 Å². The first-order chi connectivity index (χ1) is 11.6. The zero-order valence-corrected chi connectivity index (χ0v) is 14.4. The van der Waals surface area contributed by atoms with Crippen LogP contribution in [0.3, 0.4) is 0 Å². The fraction of sp³-hybridized carbons (Fsp3) is 0.353. The van der Waals surface area contributed by atoms with Crippen LogP contribution in [0, 0.1) is 0 Å². The maximum Gasteiger partial charge on any atom is 0.225 e. The molecule has 1 unspecified atom stereocenters. The molecule has 0 fully saturated rings. The number of rotatable bonds is 5. The summed E-state index contributed by atoms with van der Waals surface area (Å²) >= 11 is 1.52. The van der Waals surface area contributed by atoms with Gasteiger partial charge in [0.25, 0.3) is 0 Å². The first-order valence-electron chi connectivity index (χ1n) is 7.83. The largest absolute Gasteiger partial charge is 0.494 e. The molecule has 1 aromatic carbocycles. The molecule has 7 heteroatoms. The van der Waals surface area contributed by atoms with Gasteiger partial charge in [-0.15, -0.1) is 11.3 Å². The highest BCUT2D eigenvalue weighted by atomic mass is 32.1. The monoisotopic (exact) mass is 345 g/mol. The van der Waals surface area contributed by atoms with E-state index in [0.717, 1.165) is 17.0 Å². The Morgan fingerprint density at radius 1 is 1.50 bits per heavy atom. The molecule has 0 spiro atoms. The number of carbonyl (C=O) groups excluding carboxylic acids is 2. The summed E-state index contributed by atoms with van der Waals surface area (Å²) in [6.07, 6.45) is 3.30. The SMILES string of the molecule is CCCC(=O)Nc1cc2c(cc1OC)NC(=O)CC2c1nccs1. The third-order valence-electron chi connectivity index (χ3n) is 3.91. The molecule has 2 aromatic rings. The van der Waals surface area contributed by atoms with E-state index >= 15 is 0 Å². The lowest BCUT2D eigenvalue weighted by atomic mass is 9.90. The summed E-state index contributed by atoms with van der Waals surface area (Å²) in [5.41, 5.74) is 2.27. The van der Waals surface area contributed by atoms with Crippen molar-refractivity contribution < 1.29 is 14.3 Å². The summed E-state index contributed by atoms with van der Waals surface area (Å²) in [5, 5.41) is 8.56.